The standard InChI is InChI=1S/C21H24N6O/c1-3-27-14-18(11-24-27)21(28)26-10-4-5-17(13-26)20-19(12-23-15(2)25-20)16-6-8-22-9-7-16/h6-9,11-12,14,17H,3-5,10,13H2,1-2H3/t17-/m0/s1. The third kappa shape index (κ3) is 3.65. The number of nitrogens with zero attached hydrogens (tertiary/aromatic N) is 6. The molecule has 1 fully saturated rings. The van der Waals surface area contributed by atoms with Gasteiger partial charge in [0.15, 0.2) is 0 Å². The minimum atomic E-state index is 0.0423. The number of aromatic nitrogens is 5. The first-order valence-corrected chi connectivity index (χ1v) is 9.71. The molecular formula is C21H24N6O. The molecule has 0 radical (unpaired) electrons. The van der Waals surface area contributed by atoms with Crippen LogP contribution in [-0.2, 0) is 6.54 Å². The van der Waals surface area contributed by atoms with Gasteiger partial charge in [-0.25, -0.2) is 9.97 Å². The minimum Gasteiger partial charge on any atom is -0.338 e. The Bertz CT molecular complexity index is 968. The van der Waals surface area contributed by atoms with Crippen LogP contribution in [0.5, 0.6) is 0 Å². The summed E-state index contributed by atoms with van der Waals surface area (Å²) in [6.45, 7) is 6.10. The number of hydrogen-bond acceptors (Lipinski definition) is 5. The van der Waals surface area contributed by atoms with E-state index < -0.39 is 0 Å². The second-order valence-corrected chi connectivity index (χ2v) is 7.13. The molecule has 1 aliphatic heterocycles. The Balaban J connectivity index is 1.61. The van der Waals surface area contributed by atoms with Crippen LogP contribution in [0.25, 0.3) is 11.1 Å². The van der Waals surface area contributed by atoms with Gasteiger partial charge in [-0.1, -0.05) is 0 Å². The van der Waals surface area contributed by atoms with Crippen molar-refractivity contribution < 1.29 is 4.79 Å². The number of hydrogen-bond donors (Lipinski definition) is 0. The van der Waals surface area contributed by atoms with Gasteiger partial charge in [0.25, 0.3) is 5.91 Å². The molecule has 28 heavy (non-hydrogen) atoms. The number of carbonyl (C=O) groups excluding carboxylic acids is 1. The van der Waals surface area contributed by atoms with E-state index in [-0.39, 0.29) is 11.8 Å². The molecule has 0 saturated carbocycles. The van der Waals surface area contributed by atoms with Crippen LogP contribution >= 0.6 is 0 Å². The van der Waals surface area contributed by atoms with Gasteiger partial charge < -0.3 is 4.90 Å². The molecule has 0 N–H and O–H groups in total. The van der Waals surface area contributed by atoms with Crippen molar-refractivity contribution in [2.75, 3.05) is 13.1 Å². The van der Waals surface area contributed by atoms with Crippen molar-refractivity contribution in [3.05, 3.63) is 60.2 Å². The van der Waals surface area contributed by atoms with Crippen molar-refractivity contribution >= 4 is 5.91 Å². The summed E-state index contributed by atoms with van der Waals surface area (Å²) in [6, 6.07) is 3.95. The maximum Gasteiger partial charge on any atom is 0.257 e. The summed E-state index contributed by atoms with van der Waals surface area (Å²) in [7, 11) is 0. The van der Waals surface area contributed by atoms with Crippen molar-refractivity contribution in [1.29, 1.82) is 0 Å². The lowest BCUT2D eigenvalue weighted by Gasteiger charge is -2.33. The van der Waals surface area contributed by atoms with E-state index in [1.54, 1.807) is 23.3 Å². The van der Waals surface area contributed by atoms with Gasteiger partial charge in [0.1, 0.15) is 5.82 Å². The molecule has 1 atom stereocenters. The van der Waals surface area contributed by atoms with Crippen LogP contribution in [0.2, 0.25) is 0 Å². The maximum absolute atomic E-state index is 13.0. The van der Waals surface area contributed by atoms with E-state index >= 15 is 0 Å². The fourth-order valence-corrected chi connectivity index (χ4v) is 3.77. The molecule has 0 unspecified atom stereocenters. The Hall–Kier alpha value is -3.09. The molecule has 0 spiro atoms. The molecule has 1 saturated heterocycles. The third-order valence-electron chi connectivity index (χ3n) is 5.23. The number of likely N-dealkylation sites (tertiary alicyclic amines) is 1. The van der Waals surface area contributed by atoms with Gasteiger partial charge in [0, 0.05) is 55.9 Å². The van der Waals surface area contributed by atoms with Crippen molar-refractivity contribution in [2.45, 2.75) is 39.2 Å². The molecular weight excluding hydrogens is 352 g/mol. The molecule has 1 aliphatic rings. The second-order valence-electron chi connectivity index (χ2n) is 7.13. The lowest BCUT2D eigenvalue weighted by molar-refractivity contribution is 0.0706. The van der Waals surface area contributed by atoms with Crippen LogP contribution in [0.15, 0.2) is 43.1 Å². The number of rotatable bonds is 4. The molecule has 1 amide bonds. The highest BCUT2D eigenvalue weighted by atomic mass is 16.2. The smallest absolute Gasteiger partial charge is 0.257 e. The van der Waals surface area contributed by atoms with Gasteiger partial charge in [-0.15, -0.1) is 0 Å². The van der Waals surface area contributed by atoms with E-state index in [0.717, 1.165) is 48.6 Å². The molecule has 3 aromatic heterocycles. The van der Waals surface area contributed by atoms with Crippen molar-refractivity contribution in [3.63, 3.8) is 0 Å². The van der Waals surface area contributed by atoms with Gasteiger partial charge in [-0.2, -0.15) is 5.10 Å². The fourth-order valence-electron chi connectivity index (χ4n) is 3.77. The summed E-state index contributed by atoms with van der Waals surface area (Å²) in [4.78, 5) is 28.2. The van der Waals surface area contributed by atoms with Gasteiger partial charge in [-0.3, -0.25) is 14.5 Å². The first kappa shape index (κ1) is 18.3. The number of piperidine rings is 1. The van der Waals surface area contributed by atoms with Crippen LogP contribution in [0, 0.1) is 6.92 Å². The zero-order valence-corrected chi connectivity index (χ0v) is 16.2. The van der Waals surface area contributed by atoms with E-state index in [4.69, 9.17) is 4.98 Å². The van der Waals surface area contributed by atoms with E-state index in [1.165, 1.54) is 0 Å². The van der Waals surface area contributed by atoms with E-state index in [9.17, 15) is 4.79 Å². The lowest BCUT2D eigenvalue weighted by Crippen LogP contribution is -2.39. The highest BCUT2D eigenvalue weighted by molar-refractivity contribution is 5.93. The maximum atomic E-state index is 13.0. The fraction of sp³-hybridized carbons (Fsp3) is 0.381. The topological polar surface area (TPSA) is 76.8 Å². The summed E-state index contributed by atoms with van der Waals surface area (Å²) in [5, 5.41) is 4.24. The average molecular weight is 376 g/mol. The summed E-state index contributed by atoms with van der Waals surface area (Å²) in [5.41, 5.74) is 3.74. The first-order chi connectivity index (χ1) is 13.7. The molecule has 0 bridgehead atoms. The Morgan fingerprint density at radius 2 is 2.07 bits per heavy atom. The molecule has 7 heteroatoms. The monoisotopic (exact) mass is 376 g/mol. The predicted octanol–water partition coefficient (Wildman–Crippen LogP) is 3.08. The summed E-state index contributed by atoms with van der Waals surface area (Å²) in [5.74, 6) is 0.977. The van der Waals surface area contributed by atoms with Crippen molar-refractivity contribution in [3.8, 4) is 11.1 Å². The number of carbonyl (C=O) groups is 1. The van der Waals surface area contributed by atoms with Gasteiger partial charge in [0.05, 0.1) is 17.5 Å². The molecule has 3 aromatic rings. The van der Waals surface area contributed by atoms with Gasteiger partial charge in [0.2, 0.25) is 0 Å². The normalized spacial score (nSPS) is 16.9. The second kappa shape index (κ2) is 7.88. The van der Waals surface area contributed by atoms with Gasteiger partial charge >= 0.3 is 0 Å². The summed E-state index contributed by atoms with van der Waals surface area (Å²) < 4.78 is 1.78. The van der Waals surface area contributed by atoms with Crippen LogP contribution < -0.4 is 0 Å². The number of amides is 1. The zero-order chi connectivity index (χ0) is 19.5. The Kier molecular flexibility index (Phi) is 5.14. The van der Waals surface area contributed by atoms with Crippen LogP contribution in [0.4, 0.5) is 0 Å². The van der Waals surface area contributed by atoms with Crippen molar-refractivity contribution in [2.24, 2.45) is 0 Å². The minimum absolute atomic E-state index is 0.0423. The Morgan fingerprint density at radius 1 is 1.25 bits per heavy atom. The van der Waals surface area contributed by atoms with Crippen LogP contribution in [-0.4, -0.2) is 48.6 Å². The molecule has 7 nitrogen and oxygen atoms in total. The molecule has 4 heterocycles. The summed E-state index contributed by atoms with van der Waals surface area (Å²) >= 11 is 0. The third-order valence-corrected chi connectivity index (χ3v) is 5.23. The highest BCUT2D eigenvalue weighted by Gasteiger charge is 2.29. The first-order valence-electron chi connectivity index (χ1n) is 9.71. The molecule has 144 valence electrons. The summed E-state index contributed by atoms with van der Waals surface area (Å²) in [6.07, 6.45) is 10.9. The van der Waals surface area contributed by atoms with E-state index in [2.05, 4.69) is 15.1 Å². The molecule has 4 rings (SSSR count). The largest absolute Gasteiger partial charge is 0.338 e. The average Bonchev–Trinajstić information content (AvgIpc) is 3.23. The van der Waals surface area contributed by atoms with E-state index in [0.29, 0.717) is 12.1 Å². The lowest BCUT2D eigenvalue weighted by atomic mass is 9.90. The quantitative estimate of drug-likeness (QED) is 0.699. The van der Waals surface area contributed by atoms with Crippen molar-refractivity contribution in [1.82, 2.24) is 29.6 Å². The van der Waals surface area contributed by atoms with Crippen LogP contribution in [0.1, 0.15) is 47.6 Å². The zero-order valence-electron chi connectivity index (χ0n) is 16.2. The van der Waals surface area contributed by atoms with Gasteiger partial charge in [-0.05, 0) is 44.4 Å². The number of pyridine rings is 1. The molecule has 0 aliphatic carbocycles. The van der Waals surface area contributed by atoms with Crippen LogP contribution in [0.3, 0.4) is 0 Å². The number of aryl methyl sites for hydroxylation is 2. The van der Waals surface area contributed by atoms with E-state index in [1.807, 2.05) is 43.3 Å². The SMILES string of the molecule is CCn1cc(C(=O)N2CCC[C@H](c3nc(C)ncc3-c3ccncc3)C2)cn1. The highest BCUT2D eigenvalue weighted by Crippen LogP contribution is 2.33. The Morgan fingerprint density at radius 3 is 2.82 bits per heavy atom. The predicted molar refractivity (Wildman–Crippen MR) is 106 cm³/mol. The molecule has 0 aromatic carbocycles. The Labute approximate surface area is 164 Å².